The molecule has 0 saturated carbocycles. The zero-order chi connectivity index (χ0) is 12.2. The molecule has 92 valence electrons. The zero-order valence-electron chi connectivity index (χ0n) is 9.74. The first kappa shape index (κ1) is 14.7. The molecule has 0 saturated heterocycles. The smallest absolute Gasteiger partial charge is 0.330 e. The second-order valence-electron chi connectivity index (χ2n) is 3.59. The van der Waals surface area contributed by atoms with Crippen molar-refractivity contribution in [3.05, 3.63) is 12.2 Å². The molecule has 0 N–H and O–H groups in total. The van der Waals surface area contributed by atoms with Crippen LogP contribution in [0.5, 0.6) is 0 Å². The molecule has 16 heavy (non-hydrogen) atoms. The lowest BCUT2D eigenvalue weighted by Crippen LogP contribution is -2.19. The first-order valence-corrected chi connectivity index (χ1v) is 5.72. The van der Waals surface area contributed by atoms with Gasteiger partial charge < -0.3 is 14.6 Å². The van der Waals surface area contributed by atoms with Crippen molar-refractivity contribution in [2.45, 2.75) is 45.4 Å². The molecule has 0 aromatic heterocycles. The SMILES string of the molecule is CCCCCCCCOC(=O)C=CC(=O)[O-]. The zero-order valence-corrected chi connectivity index (χ0v) is 9.74. The van der Waals surface area contributed by atoms with Crippen LogP contribution >= 0.6 is 0 Å². The lowest BCUT2D eigenvalue weighted by atomic mass is 10.1. The fourth-order valence-corrected chi connectivity index (χ4v) is 1.24. The Morgan fingerprint density at radius 2 is 1.69 bits per heavy atom. The molecular formula is C12H19O4-. The summed E-state index contributed by atoms with van der Waals surface area (Å²) in [6.07, 6.45) is 8.23. The van der Waals surface area contributed by atoms with E-state index in [-0.39, 0.29) is 0 Å². The average Bonchev–Trinajstić information content (AvgIpc) is 2.25. The van der Waals surface area contributed by atoms with Crippen LogP contribution in [0.2, 0.25) is 0 Å². The van der Waals surface area contributed by atoms with Crippen LogP contribution in [0.4, 0.5) is 0 Å². The molecule has 0 aromatic carbocycles. The number of unbranched alkanes of at least 4 members (excludes halogenated alkanes) is 5. The summed E-state index contributed by atoms with van der Waals surface area (Å²) in [5.74, 6) is -2.02. The average molecular weight is 227 g/mol. The summed E-state index contributed by atoms with van der Waals surface area (Å²) >= 11 is 0. The van der Waals surface area contributed by atoms with Gasteiger partial charge in [0.05, 0.1) is 12.6 Å². The molecule has 4 heteroatoms. The van der Waals surface area contributed by atoms with Gasteiger partial charge in [0, 0.05) is 6.08 Å². The number of ether oxygens (including phenoxy) is 1. The van der Waals surface area contributed by atoms with Crippen LogP contribution in [0.25, 0.3) is 0 Å². The molecule has 0 aliphatic heterocycles. The Morgan fingerprint density at radius 1 is 1.06 bits per heavy atom. The van der Waals surface area contributed by atoms with Crippen LogP contribution in [-0.4, -0.2) is 18.5 Å². The van der Waals surface area contributed by atoms with E-state index in [9.17, 15) is 14.7 Å². The third-order valence-corrected chi connectivity index (χ3v) is 2.10. The van der Waals surface area contributed by atoms with E-state index in [1.807, 2.05) is 0 Å². The van der Waals surface area contributed by atoms with Crippen LogP contribution in [-0.2, 0) is 14.3 Å². The Balaban J connectivity index is 3.31. The highest BCUT2D eigenvalue weighted by atomic mass is 16.5. The minimum atomic E-state index is -1.39. The number of esters is 1. The van der Waals surface area contributed by atoms with E-state index in [0.29, 0.717) is 12.7 Å². The number of rotatable bonds is 9. The van der Waals surface area contributed by atoms with E-state index in [1.165, 1.54) is 19.3 Å². The molecule has 0 heterocycles. The number of carbonyl (C=O) groups is 2. The van der Waals surface area contributed by atoms with Crippen LogP contribution in [0.1, 0.15) is 45.4 Å². The number of aliphatic carboxylic acids is 1. The van der Waals surface area contributed by atoms with Gasteiger partial charge in [0.1, 0.15) is 0 Å². The number of carboxylic acid groups (broad SMARTS) is 1. The van der Waals surface area contributed by atoms with Gasteiger partial charge in [-0.3, -0.25) is 0 Å². The predicted molar refractivity (Wildman–Crippen MR) is 58.5 cm³/mol. The van der Waals surface area contributed by atoms with E-state index < -0.39 is 11.9 Å². The highest BCUT2D eigenvalue weighted by Gasteiger charge is 1.96. The standard InChI is InChI=1S/C12H20O4/c1-2-3-4-5-6-7-10-16-12(15)9-8-11(13)14/h8-9H,2-7,10H2,1H3,(H,13,14)/p-1. The predicted octanol–water partition coefficient (Wildman–Crippen LogP) is 1.20. The van der Waals surface area contributed by atoms with Crippen molar-refractivity contribution in [2.75, 3.05) is 6.61 Å². The summed E-state index contributed by atoms with van der Waals surface area (Å²) in [5.41, 5.74) is 0. The normalized spacial score (nSPS) is 10.6. The Kier molecular flexibility index (Phi) is 9.36. The lowest BCUT2D eigenvalue weighted by Gasteiger charge is -2.02. The van der Waals surface area contributed by atoms with E-state index >= 15 is 0 Å². The first-order valence-electron chi connectivity index (χ1n) is 5.72. The van der Waals surface area contributed by atoms with Crippen LogP contribution in [0, 0.1) is 0 Å². The van der Waals surface area contributed by atoms with Crippen molar-refractivity contribution < 1.29 is 19.4 Å². The van der Waals surface area contributed by atoms with E-state index in [1.54, 1.807) is 0 Å². The Morgan fingerprint density at radius 3 is 2.31 bits per heavy atom. The monoisotopic (exact) mass is 227 g/mol. The van der Waals surface area contributed by atoms with Gasteiger partial charge in [-0.2, -0.15) is 0 Å². The quantitative estimate of drug-likeness (QED) is 0.337. The number of carbonyl (C=O) groups excluding carboxylic acids is 2. The topological polar surface area (TPSA) is 66.4 Å². The largest absolute Gasteiger partial charge is 0.545 e. The van der Waals surface area contributed by atoms with Gasteiger partial charge in [0.15, 0.2) is 0 Å². The van der Waals surface area contributed by atoms with E-state index in [0.717, 1.165) is 25.3 Å². The van der Waals surface area contributed by atoms with Crippen molar-refractivity contribution in [3.63, 3.8) is 0 Å². The van der Waals surface area contributed by atoms with Crippen molar-refractivity contribution in [1.29, 1.82) is 0 Å². The number of hydrogen-bond donors (Lipinski definition) is 0. The second kappa shape index (κ2) is 10.2. The minimum absolute atomic E-state index is 0.350. The van der Waals surface area contributed by atoms with Gasteiger partial charge in [-0.25, -0.2) is 4.79 Å². The molecule has 0 spiro atoms. The fourth-order valence-electron chi connectivity index (χ4n) is 1.24. The summed E-state index contributed by atoms with van der Waals surface area (Å²) in [6, 6.07) is 0. The lowest BCUT2D eigenvalue weighted by molar-refractivity contribution is -0.297. The van der Waals surface area contributed by atoms with E-state index in [2.05, 4.69) is 6.92 Å². The van der Waals surface area contributed by atoms with Crippen molar-refractivity contribution in [2.24, 2.45) is 0 Å². The molecule has 0 rings (SSSR count). The van der Waals surface area contributed by atoms with Gasteiger partial charge in [-0.15, -0.1) is 0 Å². The summed E-state index contributed by atoms with van der Waals surface area (Å²) < 4.78 is 4.78. The van der Waals surface area contributed by atoms with Crippen LogP contribution in [0.3, 0.4) is 0 Å². The summed E-state index contributed by atoms with van der Waals surface area (Å²) in [4.78, 5) is 20.9. The Bertz CT molecular complexity index is 233. The maximum absolute atomic E-state index is 10.9. The molecular weight excluding hydrogens is 208 g/mol. The number of hydrogen-bond acceptors (Lipinski definition) is 4. The molecule has 0 aliphatic carbocycles. The van der Waals surface area contributed by atoms with Gasteiger partial charge in [0.25, 0.3) is 0 Å². The molecule has 0 aliphatic rings. The van der Waals surface area contributed by atoms with Gasteiger partial charge in [-0.1, -0.05) is 39.0 Å². The first-order chi connectivity index (χ1) is 7.66. The molecule has 0 aromatic rings. The third-order valence-electron chi connectivity index (χ3n) is 2.10. The minimum Gasteiger partial charge on any atom is -0.545 e. The molecule has 0 bridgehead atoms. The van der Waals surface area contributed by atoms with Gasteiger partial charge >= 0.3 is 5.97 Å². The van der Waals surface area contributed by atoms with Crippen molar-refractivity contribution >= 4 is 11.9 Å². The summed E-state index contributed by atoms with van der Waals surface area (Å²) in [7, 11) is 0. The molecule has 0 atom stereocenters. The maximum Gasteiger partial charge on any atom is 0.330 e. The van der Waals surface area contributed by atoms with E-state index in [4.69, 9.17) is 4.74 Å². The second-order valence-corrected chi connectivity index (χ2v) is 3.59. The van der Waals surface area contributed by atoms with Gasteiger partial charge in [0.2, 0.25) is 0 Å². The molecule has 0 fully saturated rings. The fraction of sp³-hybridized carbons (Fsp3) is 0.667. The number of carboxylic acids is 1. The Labute approximate surface area is 96.3 Å². The van der Waals surface area contributed by atoms with Crippen molar-refractivity contribution in [1.82, 2.24) is 0 Å². The summed E-state index contributed by atoms with van der Waals surface area (Å²) in [5, 5.41) is 9.97. The van der Waals surface area contributed by atoms with Crippen LogP contribution in [0.15, 0.2) is 12.2 Å². The highest BCUT2D eigenvalue weighted by molar-refractivity contribution is 5.89. The Hall–Kier alpha value is -1.32. The molecule has 0 radical (unpaired) electrons. The maximum atomic E-state index is 10.9. The molecule has 0 unspecified atom stereocenters. The highest BCUT2D eigenvalue weighted by Crippen LogP contribution is 2.04. The van der Waals surface area contributed by atoms with Crippen molar-refractivity contribution in [3.8, 4) is 0 Å². The molecule has 0 amide bonds. The van der Waals surface area contributed by atoms with Gasteiger partial charge in [-0.05, 0) is 12.5 Å². The molecule has 4 nitrogen and oxygen atoms in total. The summed E-state index contributed by atoms with van der Waals surface area (Å²) in [6.45, 7) is 2.51. The van der Waals surface area contributed by atoms with Crippen LogP contribution < -0.4 is 5.11 Å². The third kappa shape index (κ3) is 10.8.